The molecule has 2 rings (SSSR count). The van der Waals surface area contributed by atoms with Crippen LogP contribution in [0.25, 0.3) is 0 Å². The van der Waals surface area contributed by atoms with Crippen LogP contribution in [-0.4, -0.2) is 31.7 Å². The first-order valence-electron chi connectivity index (χ1n) is 7.93. The number of rotatable bonds is 5. The summed E-state index contributed by atoms with van der Waals surface area (Å²) >= 11 is 0. The molecule has 0 aliphatic heterocycles. The second-order valence-electron chi connectivity index (χ2n) is 5.72. The number of alkyl halides is 2. The third-order valence-corrected chi connectivity index (χ3v) is 4.13. The van der Waals surface area contributed by atoms with E-state index >= 15 is 0 Å². The van der Waals surface area contributed by atoms with Crippen LogP contribution in [0, 0.1) is 5.92 Å². The van der Waals surface area contributed by atoms with Crippen LogP contribution in [0.2, 0.25) is 0 Å². The summed E-state index contributed by atoms with van der Waals surface area (Å²) in [7, 11) is 1.54. The number of hydrogen-bond acceptors (Lipinski definition) is 4. The van der Waals surface area contributed by atoms with Crippen molar-refractivity contribution in [1.29, 1.82) is 0 Å². The average Bonchev–Trinajstić information content (AvgIpc) is 2.67. The quantitative estimate of drug-likeness (QED) is 0.659. The molecule has 6 heteroatoms. The summed E-state index contributed by atoms with van der Waals surface area (Å²) in [5.74, 6) is -3.73. The molecule has 0 saturated heterocycles. The molecule has 0 unspecified atom stereocenters. The molecule has 1 fully saturated rings. The minimum absolute atomic E-state index is 0.191. The lowest BCUT2D eigenvalue weighted by molar-refractivity contribution is -0.152. The van der Waals surface area contributed by atoms with E-state index in [0.29, 0.717) is 30.7 Å². The van der Waals surface area contributed by atoms with Gasteiger partial charge in [-0.15, -0.1) is 0 Å². The van der Waals surface area contributed by atoms with E-state index in [2.05, 4.69) is 5.32 Å². The second-order valence-corrected chi connectivity index (χ2v) is 5.72. The highest BCUT2D eigenvalue weighted by atomic mass is 19.3. The van der Waals surface area contributed by atoms with Crippen molar-refractivity contribution in [3.63, 3.8) is 0 Å². The van der Waals surface area contributed by atoms with Gasteiger partial charge >= 0.3 is 5.97 Å². The van der Waals surface area contributed by atoms with Gasteiger partial charge in [0.05, 0.1) is 19.6 Å². The molecule has 1 aliphatic rings. The summed E-state index contributed by atoms with van der Waals surface area (Å²) in [5.41, 5.74) is 0.534. The zero-order valence-corrected chi connectivity index (χ0v) is 13.5. The van der Waals surface area contributed by atoms with Gasteiger partial charge in [-0.2, -0.15) is 0 Å². The van der Waals surface area contributed by atoms with Gasteiger partial charge in [-0.25, -0.2) is 8.78 Å². The number of halogens is 2. The lowest BCUT2D eigenvalue weighted by Gasteiger charge is -2.31. The molecular formula is C17H23F2NO3. The van der Waals surface area contributed by atoms with E-state index in [4.69, 9.17) is 9.47 Å². The van der Waals surface area contributed by atoms with Gasteiger partial charge in [-0.05, 0) is 44.0 Å². The van der Waals surface area contributed by atoms with E-state index in [-0.39, 0.29) is 13.0 Å². The Labute approximate surface area is 135 Å². The van der Waals surface area contributed by atoms with Crippen molar-refractivity contribution in [1.82, 2.24) is 0 Å². The maximum Gasteiger partial charge on any atom is 0.311 e. The molecule has 2 atom stereocenters. The molecule has 128 valence electrons. The van der Waals surface area contributed by atoms with E-state index in [1.54, 1.807) is 38.3 Å². The van der Waals surface area contributed by atoms with Crippen LogP contribution in [0.5, 0.6) is 5.75 Å². The smallest absolute Gasteiger partial charge is 0.311 e. The first-order chi connectivity index (χ1) is 11.0. The van der Waals surface area contributed by atoms with Crippen molar-refractivity contribution in [2.24, 2.45) is 5.92 Å². The standard InChI is InChI=1S/C17H23F2NO3/c1-3-23-16(21)14-6-4-5-11-17(18,19)15(14)20-12-7-9-13(22-2)10-8-12/h7-10,14-15,20H,3-6,11H2,1-2H3/t14-,15-/m1/s1. The molecule has 0 amide bonds. The van der Waals surface area contributed by atoms with Crippen molar-refractivity contribution >= 4 is 11.7 Å². The third kappa shape index (κ3) is 4.33. The molecule has 0 heterocycles. The SMILES string of the molecule is CCOC(=O)[C@@H]1CCCCC(F)(F)[C@@H]1Nc1ccc(OC)cc1. The molecule has 0 bridgehead atoms. The predicted molar refractivity (Wildman–Crippen MR) is 83.9 cm³/mol. The van der Waals surface area contributed by atoms with E-state index in [1.165, 1.54) is 0 Å². The maximum absolute atomic E-state index is 14.5. The van der Waals surface area contributed by atoms with E-state index in [9.17, 15) is 13.6 Å². The molecule has 23 heavy (non-hydrogen) atoms. The first kappa shape index (κ1) is 17.5. The summed E-state index contributed by atoms with van der Waals surface area (Å²) in [6.07, 6.45) is 1.18. The van der Waals surface area contributed by atoms with Crippen molar-refractivity contribution in [2.45, 2.75) is 44.6 Å². The fourth-order valence-electron chi connectivity index (χ4n) is 2.92. The van der Waals surface area contributed by atoms with Crippen molar-refractivity contribution in [2.75, 3.05) is 19.0 Å². The largest absolute Gasteiger partial charge is 0.497 e. The Balaban J connectivity index is 2.23. The van der Waals surface area contributed by atoms with E-state index in [1.807, 2.05) is 0 Å². The predicted octanol–water partition coefficient (Wildman–Crippen LogP) is 3.86. The zero-order chi connectivity index (χ0) is 16.9. The number of methoxy groups -OCH3 is 1. The Morgan fingerprint density at radius 1 is 1.30 bits per heavy atom. The molecular weight excluding hydrogens is 304 g/mol. The molecule has 1 aromatic carbocycles. The lowest BCUT2D eigenvalue weighted by atomic mass is 9.92. The lowest BCUT2D eigenvalue weighted by Crippen LogP contribution is -2.47. The Morgan fingerprint density at radius 3 is 2.61 bits per heavy atom. The number of benzene rings is 1. The van der Waals surface area contributed by atoms with Gasteiger partial charge in [0.15, 0.2) is 0 Å². The van der Waals surface area contributed by atoms with Gasteiger partial charge in [-0.1, -0.05) is 6.42 Å². The number of nitrogens with one attached hydrogen (secondary N) is 1. The van der Waals surface area contributed by atoms with Gasteiger partial charge in [-0.3, -0.25) is 4.79 Å². The number of anilines is 1. The molecule has 4 nitrogen and oxygen atoms in total. The minimum atomic E-state index is -2.96. The topological polar surface area (TPSA) is 47.6 Å². The van der Waals surface area contributed by atoms with Gasteiger partial charge in [0.2, 0.25) is 0 Å². The van der Waals surface area contributed by atoms with Gasteiger partial charge < -0.3 is 14.8 Å². The minimum Gasteiger partial charge on any atom is -0.497 e. The summed E-state index contributed by atoms with van der Waals surface area (Å²) in [6.45, 7) is 1.87. The second kappa shape index (κ2) is 7.62. The Kier molecular flexibility index (Phi) is 5.80. The fourth-order valence-corrected chi connectivity index (χ4v) is 2.92. The molecule has 1 aliphatic carbocycles. The van der Waals surface area contributed by atoms with Crippen molar-refractivity contribution < 1.29 is 23.0 Å². The van der Waals surface area contributed by atoms with Crippen LogP contribution >= 0.6 is 0 Å². The molecule has 1 saturated carbocycles. The average molecular weight is 327 g/mol. The van der Waals surface area contributed by atoms with Crippen LogP contribution in [0.15, 0.2) is 24.3 Å². The van der Waals surface area contributed by atoms with Crippen molar-refractivity contribution in [3.8, 4) is 5.75 Å². The molecule has 0 radical (unpaired) electrons. The monoisotopic (exact) mass is 327 g/mol. The zero-order valence-electron chi connectivity index (χ0n) is 13.5. The number of carbonyl (C=O) groups excluding carboxylic acids is 1. The van der Waals surface area contributed by atoms with Crippen LogP contribution in [0.3, 0.4) is 0 Å². The fraction of sp³-hybridized carbons (Fsp3) is 0.588. The van der Waals surface area contributed by atoms with Crippen LogP contribution in [0.4, 0.5) is 14.5 Å². The normalized spacial score (nSPS) is 23.7. The van der Waals surface area contributed by atoms with Crippen LogP contribution < -0.4 is 10.1 Å². The van der Waals surface area contributed by atoms with E-state index in [0.717, 1.165) is 0 Å². The number of hydrogen-bond donors (Lipinski definition) is 1. The van der Waals surface area contributed by atoms with Crippen LogP contribution in [0.1, 0.15) is 32.6 Å². The van der Waals surface area contributed by atoms with E-state index < -0.39 is 23.9 Å². The Bertz CT molecular complexity index is 519. The Morgan fingerprint density at radius 2 is 2.00 bits per heavy atom. The van der Waals surface area contributed by atoms with Gasteiger partial charge in [0.1, 0.15) is 11.8 Å². The summed E-state index contributed by atoms with van der Waals surface area (Å²) in [5, 5.41) is 2.85. The summed E-state index contributed by atoms with van der Waals surface area (Å²) < 4.78 is 39.1. The molecule has 0 spiro atoms. The number of ether oxygens (including phenoxy) is 2. The highest BCUT2D eigenvalue weighted by Gasteiger charge is 2.48. The molecule has 1 aromatic rings. The molecule has 0 aromatic heterocycles. The number of carbonyl (C=O) groups is 1. The highest BCUT2D eigenvalue weighted by molar-refractivity contribution is 5.74. The van der Waals surface area contributed by atoms with Crippen molar-refractivity contribution in [3.05, 3.63) is 24.3 Å². The third-order valence-electron chi connectivity index (χ3n) is 4.13. The highest BCUT2D eigenvalue weighted by Crippen LogP contribution is 2.38. The summed E-state index contributed by atoms with van der Waals surface area (Å²) in [6, 6.07) is 5.45. The van der Waals surface area contributed by atoms with Gasteiger partial charge in [0, 0.05) is 12.1 Å². The summed E-state index contributed by atoms with van der Waals surface area (Å²) in [4.78, 5) is 12.1. The molecule has 1 N–H and O–H groups in total. The number of esters is 1. The Hall–Kier alpha value is -1.85. The van der Waals surface area contributed by atoms with Crippen LogP contribution in [-0.2, 0) is 9.53 Å². The van der Waals surface area contributed by atoms with Gasteiger partial charge in [0.25, 0.3) is 5.92 Å². The maximum atomic E-state index is 14.5. The first-order valence-corrected chi connectivity index (χ1v) is 7.93.